The van der Waals surface area contributed by atoms with Gasteiger partial charge in [-0.25, -0.2) is 4.39 Å². The maximum atomic E-state index is 15.1. The minimum atomic E-state index is -1.11. The zero-order valence-corrected chi connectivity index (χ0v) is 23.5. The van der Waals surface area contributed by atoms with E-state index < -0.39 is 17.3 Å². The van der Waals surface area contributed by atoms with Crippen molar-refractivity contribution in [1.29, 1.82) is 0 Å². The summed E-state index contributed by atoms with van der Waals surface area (Å²) in [4.78, 5) is 29.4. The van der Waals surface area contributed by atoms with Gasteiger partial charge < -0.3 is 30.5 Å². The number of nitrogens with one attached hydrogen (secondary N) is 3. The quantitative estimate of drug-likeness (QED) is 0.211. The predicted molar refractivity (Wildman–Crippen MR) is 158 cm³/mol. The minimum Gasteiger partial charge on any atom is -0.496 e. The molecule has 0 saturated carbocycles. The van der Waals surface area contributed by atoms with Crippen LogP contribution < -0.4 is 25.4 Å². The number of halogens is 1. The largest absolute Gasteiger partial charge is 0.496 e. The molecule has 4 N–H and O–H groups in total. The number of thiocarbonyl (C=S) groups is 1. The van der Waals surface area contributed by atoms with Crippen molar-refractivity contribution < 1.29 is 28.6 Å². The fraction of sp³-hybridized carbons (Fsp3) is 0.200. The highest BCUT2D eigenvalue weighted by Crippen LogP contribution is 2.34. The lowest BCUT2D eigenvalue weighted by molar-refractivity contribution is -0.119. The SMILES string of the molecule is COc1cc2nccc(Oc3ccc(NC(=S)NC(=O)Cc4ccccc4)cc3F)c2cc1C(=O)NCC(C)(C)O. The Morgan fingerprint density at radius 1 is 1.02 bits per heavy atom. The number of hydrogen-bond donors (Lipinski definition) is 4. The number of methoxy groups -OCH3 is 1. The number of carbonyl (C=O) groups excluding carboxylic acids is 2. The van der Waals surface area contributed by atoms with Crippen LogP contribution in [-0.4, -0.2) is 46.3 Å². The highest BCUT2D eigenvalue weighted by molar-refractivity contribution is 7.80. The fourth-order valence-corrected chi connectivity index (χ4v) is 4.10. The summed E-state index contributed by atoms with van der Waals surface area (Å²) in [6, 6.07) is 18.0. The van der Waals surface area contributed by atoms with Crippen LogP contribution in [-0.2, 0) is 11.2 Å². The highest BCUT2D eigenvalue weighted by Gasteiger charge is 2.20. The van der Waals surface area contributed by atoms with E-state index >= 15 is 4.39 Å². The first-order valence-corrected chi connectivity index (χ1v) is 13.0. The summed E-state index contributed by atoms with van der Waals surface area (Å²) in [7, 11) is 1.43. The summed E-state index contributed by atoms with van der Waals surface area (Å²) in [5.41, 5.74) is 0.712. The van der Waals surface area contributed by atoms with Gasteiger partial charge in [-0.3, -0.25) is 14.6 Å². The van der Waals surface area contributed by atoms with E-state index in [0.717, 1.165) is 5.56 Å². The van der Waals surface area contributed by atoms with Crippen molar-refractivity contribution in [2.45, 2.75) is 25.9 Å². The molecule has 0 aliphatic carbocycles. The smallest absolute Gasteiger partial charge is 0.255 e. The lowest BCUT2D eigenvalue weighted by Gasteiger charge is -2.18. The lowest BCUT2D eigenvalue weighted by Crippen LogP contribution is -2.38. The average Bonchev–Trinajstić information content (AvgIpc) is 2.92. The summed E-state index contributed by atoms with van der Waals surface area (Å²) in [6.07, 6.45) is 1.65. The van der Waals surface area contributed by atoms with Crippen LogP contribution in [0.5, 0.6) is 17.2 Å². The summed E-state index contributed by atoms with van der Waals surface area (Å²) in [6.45, 7) is 3.17. The molecule has 2 amide bonds. The molecule has 0 aliphatic rings. The van der Waals surface area contributed by atoms with Gasteiger partial charge in [0.15, 0.2) is 16.7 Å². The second-order valence-corrected chi connectivity index (χ2v) is 10.2. The number of anilines is 1. The van der Waals surface area contributed by atoms with E-state index in [1.807, 2.05) is 30.3 Å². The van der Waals surface area contributed by atoms with Crippen LogP contribution in [0.2, 0.25) is 0 Å². The number of nitrogens with zero attached hydrogens (tertiary/aromatic N) is 1. The first-order valence-electron chi connectivity index (χ1n) is 12.6. The topological polar surface area (TPSA) is 122 Å². The molecule has 0 unspecified atom stereocenters. The monoisotopic (exact) mass is 576 g/mol. The van der Waals surface area contributed by atoms with E-state index in [-0.39, 0.29) is 46.8 Å². The molecule has 0 radical (unpaired) electrons. The second-order valence-electron chi connectivity index (χ2n) is 9.79. The normalized spacial score (nSPS) is 11.0. The first kappa shape index (κ1) is 29.4. The van der Waals surface area contributed by atoms with Crippen molar-refractivity contribution in [2.75, 3.05) is 19.0 Å². The Hall–Kier alpha value is -4.61. The van der Waals surface area contributed by atoms with Gasteiger partial charge in [0, 0.05) is 35.9 Å². The number of benzene rings is 3. The van der Waals surface area contributed by atoms with Gasteiger partial charge in [-0.15, -0.1) is 0 Å². The molecule has 212 valence electrons. The Kier molecular flexibility index (Phi) is 9.10. The van der Waals surface area contributed by atoms with Crippen molar-refractivity contribution in [2.24, 2.45) is 0 Å². The zero-order valence-electron chi connectivity index (χ0n) is 22.7. The number of hydrogen-bond acceptors (Lipinski definition) is 7. The Labute approximate surface area is 241 Å². The highest BCUT2D eigenvalue weighted by atomic mass is 32.1. The number of rotatable bonds is 9. The third-order valence-electron chi connectivity index (χ3n) is 5.82. The number of carbonyl (C=O) groups is 2. The van der Waals surface area contributed by atoms with E-state index in [2.05, 4.69) is 20.9 Å². The first-order chi connectivity index (χ1) is 19.5. The molecule has 0 saturated heterocycles. The summed E-state index contributed by atoms with van der Waals surface area (Å²) >= 11 is 5.19. The molecule has 4 aromatic rings. The van der Waals surface area contributed by atoms with Crippen LogP contribution in [0.1, 0.15) is 29.8 Å². The third-order valence-corrected chi connectivity index (χ3v) is 6.02. The molecule has 0 spiro atoms. The molecule has 41 heavy (non-hydrogen) atoms. The molecule has 3 aromatic carbocycles. The number of pyridine rings is 1. The molecular weight excluding hydrogens is 547 g/mol. The van der Waals surface area contributed by atoms with Crippen molar-refractivity contribution >= 4 is 45.7 Å². The second kappa shape index (κ2) is 12.7. The van der Waals surface area contributed by atoms with Crippen molar-refractivity contribution in [3.63, 3.8) is 0 Å². The Morgan fingerprint density at radius 3 is 2.46 bits per heavy atom. The Bertz CT molecular complexity index is 1590. The maximum absolute atomic E-state index is 15.1. The lowest BCUT2D eigenvalue weighted by atomic mass is 10.1. The number of fused-ring (bicyclic) bond motifs is 1. The Morgan fingerprint density at radius 2 is 1.78 bits per heavy atom. The number of aromatic nitrogens is 1. The fourth-order valence-electron chi connectivity index (χ4n) is 3.87. The molecule has 4 rings (SSSR count). The van der Waals surface area contributed by atoms with Crippen LogP contribution in [0.4, 0.5) is 10.1 Å². The minimum absolute atomic E-state index is 0.0230. The predicted octanol–water partition coefficient (Wildman–Crippen LogP) is 4.73. The molecule has 11 heteroatoms. The van der Waals surface area contributed by atoms with E-state index in [0.29, 0.717) is 16.6 Å². The molecule has 0 aliphatic heterocycles. The summed E-state index contributed by atoms with van der Waals surface area (Å²) < 4.78 is 26.3. The van der Waals surface area contributed by atoms with E-state index in [1.165, 1.54) is 25.4 Å². The van der Waals surface area contributed by atoms with Gasteiger partial charge in [0.2, 0.25) is 5.91 Å². The van der Waals surface area contributed by atoms with Crippen molar-refractivity contribution in [1.82, 2.24) is 15.6 Å². The standard InChI is InChI=1S/C30H29FN4O5S/c1-30(2,38)17-33-28(37)21-15-20-23(16-26(21)39-3)32-12-11-24(20)40-25-10-9-19(14-22(25)31)34-29(41)35-27(36)13-18-7-5-4-6-8-18/h4-12,14-16,38H,13,17H2,1-3H3,(H,33,37)(H2,34,35,36,41). The van der Waals surface area contributed by atoms with Crippen LogP contribution >= 0.6 is 12.2 Å². The summed E-state index contributed by atoms with van der Waals surface area (Å²) in [5, 5.41) is 18.5. The molecule has 9 nitrogen and oxygen atoms in total. The zero-order chi connectivity index (χ0) is 29.6. The molecule has 0 fully saturated rings. The van der Waals surface area contributed by atoms with Gasteiger partial charge >= 0.3 is 0 Å². The van der Waals surface area contributed by atoms with Gasteiger partial charge in [0.25, 0.3) is 5.91 Å². The van der Waals surface area contributed by atoms with Crippen LogP contribution in [0.3, 0.4) is 0 Å². The van der Waals surface area contributed by atoms with Crippen LogP contribution in [0.25, 0.3) is 10.9 Å². The van der Waals surface area contributed by atoms with E-state index in [9.17, 15) is 14.7 Å². The number of ether oxygens (including phenoxy) is 2. The summed E-state index contributed by atoms with van der Waals surface area (Å²) in [5.74, 6) is -0.986. The third kappa shape index (κ3) is 7.96. The average molecular weight is 577 g/mol. The van der Waals surface area contributed by atoms with Crippen LogP contribution in [0.15, 0.2) is 72.9 Å². The number of amides is 2. The molecule has 1 aromatic heterocycles. The number of aliphatic hydroxyl groups is 1. The molecule has 0 bridgehead atoms. The van der Waals surface area contributed by atoms with Gasteiger partial charge in [-0.2, -0.15) is 0 Å². The molecular formula is C30H29FN4O5S. The molecule has 1 heterocycles. The van der Waals surface area contributed by atoms with Gasteiger partial charge in [0.1, 0.15) is 11.5 Å². The van der Waals surface area contributed by atoms with E-state index in [1.54, 1.807) is 38.1 Å². The van der Waals surface area contributed by atoms with Crippen LogP contribution in [0, 0.1) is 5.82 Å². The maximum Gasteiger partial charge on any atom is 0.255 e. The van der Waals surface area contributed by atoms with Gasteiger partial charge in [-0.1, -0.05) is 30.3 Å². The van der Waals surface area contributed by atoms with Gasteiger partial charge in [-0.05, 0) is 55.9 Å². The van der Waals surface area contributed by atoms with E-state index in [4.69, 9.17) is 21.7 Å². The van der Waals surface area contributed by atoms with Crippen molar-refractivity contribution in [3.05, 3.63) is 89.9 Å². The molecule has 0 atom stereocenters. The Balaban J connectivity index is 1.49. The van der Waals surface area contributed by atoms with Crippen molar-refractivity contribution in [3.8, 4) is 17.2 Å². The van der Waals surface area contributed by atoms with Gasteiger partial charge in [0.05, 0.1) is 30.2 Å².